The topological polar surface area (TPSA) is 75.6 Å². The van der Waals surface area contributed by atoms with Gasteiger partial charge in [0.05, 0.1) is 17.0 Å². The zero-order valence-corrected chi connectivity index (χ0v) is 12.7. The Labute approximate surface area is 141 Å². The lowest BCUT2D eigenvalue weighted by Gasteiger charge is -2.15. The molecule has 0 atom stereocenters. The maximum Gasteiger partial charge on any atom is 0.417 e. The third-order valence-corrected chi connectivity index (χ3v) is 3.61. The van der Waals surface area contributed by atoms with E-state index in [0.717, 1.165) is 6.07 Å². The summed E-state index contributed by atoms with van der Waals surface area (Å²) in [5.74, 6) is -0.141. The molecule has 0 saturated heterocycles. The summed E-state index contributed by atoms with van der Waals surface area (Å²) in [5.41, 5.74) is 5.57. The number of nitrogens with two attached hydrogens (primary N) is 1. The van der Waals surface area contributed by atoms with Gasteiger partial charge in [-0.15, -0.1) is 0 Å². The third kappa shape index (κ3) is 3.15. The molecule has 0 saturated carbocycles. The van der Waals surface area contributed by atoms with Crippen molar-refractivity contribution in [1.82, 2.24) is 9.97 Å². The molecule has 2 N–H and O–H groups in total. The average Bonchev–Trinajstić information content (AvgIpc) is 2.61. The van der Waals surface area contributed by atoms with Gasteiger partial charge in [0.2, 0.25) is 0 Å². The van der Waals surface area contributed by atoms with Gasteiger partial charge in [0, 0.05) is 11.8 Å². The minimum atomic E-state index is -4.56. The smallest absolute Gasteiger partial charge is 0.383 e. The first kappa shape index (κ1) is 16.5. The first-order valence-electron chi connectivity index (χ1n) is 7.20. The van der Waals surface area contributed by atoms with Gasteiger partial charge in [-0.3, -0.25) is 4.98 Å². The predicted octanol–water partition coefficient (Wildman–Crippen LogP) is 4.28. The van der Waals surface area contributed by atoms with Crippen molar-refractivity contribution in [2.45, 2.75) is 6.18 Å². The highest BCUT2D eigenvalue weighted by molar-refractivity contribution is 5.81. The molecule has 0 amide bonds. The monoisotopic (exact) mass is 340 g/mol. The SMILES string of the molecule is N#Cc1c(-c2ccccc2C(F)(F)F)cc(-c2ccccn2)nc1N. The Hall–Kier alpha value is -3.40. The van der Waals surface area contributed by atoms with E-state index in [1.807, 2.05) is 6.07 Å². The number of nitrogen functional groups attached to an aromatic ring is 1. The summed E-state index contributed by atoms with van der Waals surface area (Å²) in [5, 5.41) is 9.35. The van der Waals surface area contributed by atoms with E-state index in [9.17, 15) is 18.4 Å². The summed E-state index contributed by atoms with van der Waals surface area (Å²) < 4.78 is 40.1. The highest BCUT2D eigenvalue weighted by Crippen LogP contribution is 2.39. The van der Waals surface area contributed by atoms with Gasteiger partial charge in [-0.05, 0) is 29.8 Å². The number of hydrogen-bond donors (Lipinski definition) is 1. The van der Waals surface area contributed by atoms with Crippen LogP contribution in [0.15, 0.2) is 54.7 Å². The Bertz CT molecular complexity index is 960. The van der Waals surface area contributed by atoms with Crippen molar-refractivity contribution in [2.75, 3.05) is 5.73 Å². The van der Waals surface area contributed by atoms with E-state index < -0.39 is 11.7 Å². The van der Waals surface area contributed by atoms with Crippen LogP contribution in [0.4, 0.5) is 19.0 Å². The zero-order chi connectivity index (χ0) is 18.0. The largest absolute Gasteiger partial charge is 0.417 e. The second kappa shape index (κ2) is 6.24. The van der Waals surface area contributed by atoms with Crippen LogP contribution in [0.5, 0.6) is 0 Å². The van der Waals surface area contributed by atoms with Gasteiger partial charge in [-0.2, -0.15) is 18.4 Å². The molecule has 4 nitrogen and oxygen atoms in total. The van der Waals surface area contributed by atoms with E-state index in [4.69, 9.17) is 5.73 Å². The molecule has 0 bridgehead atoms. The number of anilines is 1. The van der Waals surface area contributed by atoms with Crippen molar-refractivity contribution in [3.8, 4) is 28.6 Å². The summed E-state index contributed by atoms with van der Waals surface area (Å²) in [4.78, 5) is 8.23. The number of pyridine rings is 2. The van der Waals surface area contributed by atoms with Crippen LogP contribution in [0.3, 0.4) is 0 Å². The Morgan fingerprint density at radius 3 is 2.32 bits per heavy atom. The molecule has 7 heteroatoms. The van der Waals surface area contributed by atoms with Gasteiger partial charge in [0.25, 0.3) is 0 Å². The van der Waals surface area contributed by atoms with Crippen LogP contribution in [-0.2, 0) is 6.18 Å². The maximum atomic E-state index is 13.4. The van der Waals surface area contributed by atoms with Gasteiger partial charge >= 0.3 is 6.18 Å². The number of hydrogen-bond acceptors (Lipinski definition) is 4. The van der Waals surface area contributed by atoms with E-state index in [2.05, 4.69) is 9.97 Å². The van der Waals surface area contributed by atoms with Crippen LogP contribution in [0.25, 0.3) is 22.5 Å². The first-order valence-corrected chi connectivity index (χ1v) is 7.20. The molecule has 0 aliphatic carbocycles. The number of rotatable bonds is 2. The van der Waals surface area contributed by atoms with Crippen LogP contribution in [0, 0.1) is 11.3 Å². The highest BCUT2D eigenvalue weighted by Gasteiger charge is 2.34. The summed E-state index contributed by atoms with van der Waals surface area (Å²) >= 11 is 0. The van der Waals surface area contributed by atoms with Gasteiger partial charge in [0.1, 0.15) is 17.5 Å². The predicted molar refractivity (Wildman–Crippen MR) is 87.0 cm³/mol. The van der Waals surface area contributed by atoms with Crippen molar-refractivity contribution < 1.29 is 13.2 Å². The number of halogens is 3. The molecular formula is C18H11F3N4. The molecule has 2 aromatic heterocycles. The van der Waals surface area contributed by atoms with E-state index in [0.29, 0.717) is 11.4 Å². The van der Waals surface area contributed by atoms with E-state index in [1.165, 1.54) is 30.5 Å². The first-order chi connectivity index (χ1) is 11.9. The van der Waals surface area contributed by atoms with Crippen molar-refractivity contribution in [3.05, 3.63) is 65.9 Å². The fraction of sp³-hybridized carbons (Fsp3) is 0.0556. The minimum absolute atomic E-state index is 0.0728. The van der Waals surface area contributed by atoms with Gasteiger partial charge in [-0.1, -0.05) is 24.3 Å². The van der Waals surface area contributed by atoms with Crippen LogP contribution in [0.2, 0.25) is 0 Å². The summed E-state index contributed by atoms with van der Waals surface area (Å²) in [7, 11) is 0. The molecule has 2 heterocycles. The molecule has 0 spiro atoms. The van der Waals surface area contributed by atoms with Crippen LogP contribution < -0.4 is 5.73 Å². The average molecular weight is 340 g/mol. The molecule has 0 aliphatic heterocycles. The molecule has 3 aromatic rings. The van der Waals surface area contributed by atoms with Crippen molar-refractivity contribution in [2.24, 2.45) is 0 Å². The van der Waals surface area contributed by atoms with Crippen LogP contribution >= 0.6 is 0 Å². The Morgan fingerprint density at radius 1 is 0.960 bits per heavy atom. The number of alkyl halides is 3. The molecule has 0 radical (unpaired) electrons. The number of benzene rings is 1. The molecule has 0 fully saturated rings. The Balaban J connectivity index is 2.31. The van der Waals surface area contributed by atoms with E-state index in [-0.39, 0.29) is 22.5 Å². The molecule has 25 heavy (non-hydrogen) atoms. The fourth-order valence-electron chi connectivity index (χ4n) is 2.51. The molecule has 0 unspecified atom stereocenters. The lowest BCUT2D eigenvalue weighted by atomic mass is 9.95. The second-order valence-electron chi connectivity index (χ2n) is 5.19. The number of aromatic nitrogens is 2. The molecule has 124 valence electrons. The van der Waals surface area contributed by atoms with Gasteiger partial charge in [-0.25, -0.2) is 4.98 Å². The Morgan fingerprint density at radius 2 is 1.68 bits per heavy atom. The van der Waals surface area contributed by atoms with Crippen molar-refractivity contribution >= 4 is 5.82 Å². The maximum absolute atomic E-state index is 13.4. The lowest BCUT2D eigenvalue weighted by molar-refractivity contribution is -0.137. The highest BCUT2D eigenvalue weighted by atomic mass is 19.4. The Kier molecular flexibility index (Phi) is 4.11. The minimum Gasteiger partial charge on any atom is -0.383 e. The normalized spacial score (nSPS) is 11.1. The second-order valence-corrected chi connectivity index (χ2v) is 5.19. The summed E-state index contributed by atoms with van der Waals surface area (Å²) in [6.45, 7) is 0. The molecule has 1 aromatic carbocycles. The van der Waals surface area contributed by atoms with Gasteiger partial charge < -0.3 is 5.73 Å². The van der Waals surface area contributed by atoms with Crippen molar-refractivity contribution in [3.63, 3.8) is 0 Å². The van der Waals surface area contributed by atoms with Gasteiger partial charge in [0.15, 0.2) is 0 Å². The lowest BCUT2D eigenvalue weighted by Crippen LogP contribution is -2.08. The molecule has 3 rings (SSSR count). The van der Waals surface area contributed by atoms with E-state index >= 15 is 0 Å². The molecule has 0 aliphatic rings. The van der Waals surface area contributed by atoms with Crippen LogP contribution in [-0.4, -0.2) is 9.97 Å². The molecular weight excluding hydrogens is 329 g/mol. The summed E-state index contributed by atoms with van der Waals surface area (Å²) in [6, 6.07) is 13.4. The third-order valence-electron chi connectivity index (χ3n) is 3.61. The fourth-order valence-corrected chi connectivity index (χ4v) is 2.51. The number of nitriles is 1. The van der Waals surface area contributed by atoms with Crippen LogP contribution in [0.1, 0.15) is 11.1 Å². The number of nitrogens with zero attached hydrogens (tertiary/aromatic N) is 3. The quantitative estimate of drug-likeness (QED) is 0.755. The standard InChI is InChI=1S/C18H11F3N4/c19-18(20,21)14-6-2-1-5-11(14)12-9-16(15-7-3-4-8-24-15)25-17(23)13(12)10-22/h1-9H,(H2,23,25). The van der Waals surface area contributed by atoms with Crippen molar-refractivity contribution in [1.29, 1.82) is 5.26 Å². The summed E-state index contributed by atoms with van der Waals surface area (Å²) in [6.07, 6.45) is -3.03. The zero-order valence-electron chi connectivity index (χ0n) is 12.7. The van der Waals surface area contributed by atoms with E-state index in [1.54, 1.807) is 18.2 Å².